The number of rotatable bonds is 4. The van der Waals surface area contributed by atoms with Crippen LogP contribution in [0.1, 0.15) is 20.3 Å². The fourth-order valence-corrected chi connectivity index (χ4v) is 1.43. The maximum absolute atomic E-state index is 5.97. The number of pyridine rings is 1. The van der Waals surface area contributed by atoms with Crippen LogP contribution >= 0.6 is 11.6 Å². The van der Waals surface area contributed by atoms with Crippen LogP contribution < -0.4 is 11.1 Å². The number of halogens is 1. The number of nitrogens with two attached hydrogens (primary N) is 1. The van der Waals surface area contributed by atoms with E-state index < -0.39 is 0 Å². The lowest BCUT2D eigenvalue weighted by molar-refractivity contribution is 0.526. The van der Waals surface area contributed by atoms with Crippen molar-refractivity contribution in [2.75, 3.05) is 11.9 Å². The lowest BCUT2D eigenvalue weighted by Crippen LogP contribution is -2.33. The highest BCUT2D eigenvalue weighted by Crippen LogP contribution is 2.24. The van der Waals surface area contributed by atoms with Crippen molar-refractivity contribution < 1.29 is 0 Å². The Kier molecular flexibility index (Phi) is 3.72. The summed E-state index contributed by atoms with van der Waals surface area (Å²) in [5, 5.41) is 3.97. The zero-order valence-corrected chi connectivity index (χ0v) is 9.30. The minimum absolute atomic E-state index is 0.0419. The van der Waals surface area contributed by atoms with Gasteiger partial charge in [-0.3, -0.25) is 4.98 Å². The van der Waals surface area contributed by atoms with Gasteiger partial charge in [-0.05, 0) is 32.9 Å². The molecule has 1 rings (SSSR count). The first-order valence-corrected chi connectivity index (χ1v) is 5.01. The fourth-order valence-electron chi connectivity index (χ4n) is 1.26. The summed E-state index contributed by atoms with van der Waals surface area (Å²) >= 11 is 5.97. The number of aromatic nitrogens is 1. The van der Waals surface area contributed by atoms with Crippen molar-refractivity contribution in [3.05, 3.63) is 23.5 Å². The predicted octanol–water partition coefficient (Wildman–Crippen LogP) is 2.27. The smallest absolute Gasteiger partial charge is 0.0820 e. The number of nitrogens with one attached hydrogen (secondary N) is 1. The van der Waals surface area contributed by atoms with Crippen molar-refractivity contribution in [3.63, 3.8) is 0 Å². The maximum atomic E-state index is 5.97. The number of anilines is 1. The average Bonchev–Trinajstić information content (AvgIpc) is 2.08. The summed E-state index contributed by atoms with van der Waals surface area (Å²) in [6.45, 7) is 4.84. The van der Waals surface area contributed by atoms with Gasteiger partial charge in [-0.15, -0.1) is 0 Å². The highest BCUT2D eigenvalue weighted by molar-refractivity contribution is 6.33. The molecule has 1 aromatic heterocycles. The van der Waals surface area contributed by atoms with E-state index in [1.165, 1.54) is 0 Å². The van der Waals surface area contributed by atoms with Gasteiger partial charge in [0.25, 0.3) is 0 Å². The molecule has 3 N–H and O–H groups in total. The molecule has 0 saturated carbocycles. The first-order chi connectivity index (χ1) is 6.55. The van der Waals surface area contributed by atoms with Crippen LogP contribution in [0.25, 0.3) is 0 Å². The Morgan fingerprint density at radius 3 is 2.86 bits per heavy atom. The fraction of sp³-hybridized carbons (Fsp3) is 0.500. The molecule has 1 aromatic rings. The van der Waals surface area contributed by atoms with E-state index in [4.69, 9.17) is 17.3 Å². The van der Waals surface area contributed by atoms with Crippen LogP contribution in [0.15, 0.2) is 18.5 Å². The van der Waals surface area contributed by atoms with E-state index in [1.807, 2.05) is 6.07 Å². The summed E-state index contributed by atoms with van der Waals surface area (Å²) in [5.74, 6) is 0. The molecule has 0 atom stereocenters. The van der Waals surface area contributed by atoms with E-state index in [1.54, 1.807) is 12.4 Å². The van der Waals surface area contributed by atoms with Gasteiger partial charge in [0.05, 0.1) is 10.7 Å². The largest absolute Gasteiger partial charge is 0.379 e. The molecule has 0 fully saturated rings. The molecule has 0 saturated heterocycles. The summed E-state index contributed by atoms with van der Waals surface area (Å²) in [7, 11) is 0. The molecule has 0 aliphatic carbocycles. The van der Waals surface area contributed by atoms with Crippen LogP contribution in [0.5, 0.6) is 0 Å². The van der Waals surface area contributed by atoms with Crippen LogP contribution in [0.4, 0.5) is 5.69 Å². The third-order valence-electron chi connectivity index (χ3n) is 2.01. The molecular weight excluding hydrogens is 198 g/mol. The molecular formula is C10H16ClN3. The monoisotopic (exact) mass is 213 g/mol. The van der Waals surface area contributed by atoms with E-state index in [0.29, 0.717) is 11.6 Å². The Labute approximate surface area is 89.7 Å². The van der Waals surface area contributed by atoms with Gasteiger partial charge in [0.1, 0.15) is 0 Å². The Morgan fingerprint density at radius 1 is 1.57 bits per heavy atom. The SMILES string of the molecule is CC(C)(CCN)Nc1ccncc1Cl. The summed E-state index contributed by atoms with van der Waals surface area (Å²) in [4.78, 5) is 3.92. The van der Waals surface area contributed by atoms with Crippen molar-refractivity contribution in [1.29, 1.82) is 0 Å². The van der Waals surface area contributed by atoms with Crippen LogP contribution in [0.3, 0.4) is 0 Å². The Hall–Kier alpha value is -0.800. The number of nitrogens with zero attached hydrogens (tertiary/aromatic N) is 1. The van der Waals surface area contributed by atoms with Gasteiger partial charge >= 0.3 is 0 Å². The Bertz CT molecular complexity index is 299. The minimum Gasteiger partial charge on any atom is -0.379 e. The van der Waals surface area contributed by atoms with Crippen molar-refractivity contribution in [3.8, 4) is 0 Å². The third-order valence-corrected chi connectivity index (χ3v) is 2.32. The molecule has 3 nitrogen and oxygen atoms in total. The molecule has 4 heteroatoms. The summed E-state index contributed by atoms with van der Waals surface area (Å²) < 4.78 is 0. The van der Waals surface area contributed by atoms with E-state index in [0.717, 1.165) is 12.1 Å². The van der Waals surface area contributed by atoms with Gasteiger partial charge in [0, 0.05) is 17.9 Å². The van der Waals surface area contributed by atoms with Crippen LogP contribution in [0, 0.1) is 0 Å². The van der Waals surface area contributed by atoms with Gasteiger partial charge in [-0.25, -0.2) is 0 Å². The first-order valence-electron chi connectivity index (χ1n) is 4.63. The Morgan fingerprint density at radius 2 is 2.29 bits per heavy atom. The molecule has 0 aromatic carbocycles. The molecule has 0 aliphatic rings. The molecule has 0 amide bonds. The van der Waals surface area contributed by atoms with Gasteiger partial charge in [-0.2, -0.15) is 0 Å². The predicted molar refractivity (Wildman–Crippen MR) is 60.6 cm³/mol. The van der Waals surface area contributed by atoms with Crippen molar-refractivity contribution in [1.82, 2.24) is 4.98 Å². The van der Waals surface area contributed by atoms with E-state index in [9.17, 15) is 0 Å². The summed E-state index contributed by atoms with van der Waals surface area (Å²) in [6, 6.07) is 1.86. The lowest BCUT2D eigenvalue weighted by atomic mass is 10.0. The minimum atomic E-state index is -0.0419. The topological polar surface area (TPSA) is 50.9 Å². The second kappa shape index (κ2) is 4.62. The summed E-state index contributed by atoms with van der Waals surface area (Å²) in [6.07, 6.45) is 4.24. The van der Waals surface area contributed by atoms with Crippen molar-refractivity contribution >= 4 is 17.3 Å². The number of hydrogen-bond donors (Lipinski definition) is 2. The van der Waals surface area contributed by atoms with Gasteiger partial charge in [0.15, 0.2) is 0 Å². The zero-order valence-electron chi connectivity index (χ0n) is 8.55. The van der Waals surface area contributed by atoms with E-state index in [-0.39, 0.29) is 5.54 Å². The second-order valence-corrected chi connectivity index (χ2v) is 4.31. The second-order valence-electron chi connectivity index (χ2n) is 3.90. The Balaban J connectivity index is 2.73. The molecule has 0 aliphatic heterocycles. The molecule has 1 heterocycles. The van der Waals surface area contributed by atoms with Crippen LogP contribution in [-0.4, -0.2) is 17.1 Å². The van der Waals surface area contributed by atoms with Crippen molar-refractivity contribution in [2.24, 2.45) is 5.73 Å². The lowest BCUT2D eigenvalue weighted by Gasteiger charge is -2.27. The molecule has 0 unspecified atom stereocenters. The summed E-state index contributed by atoms with van der Waals surface area (Å²) in [5.41, 5.74) is 6.38. The number of hydrogen-bond acceptors (Lipinski definition) is 3. The maximum Gasteiger partial charge on any atom is 0.0820 e. The van der Waals surface area contributed by atoms with Gasteiger partial charge in [0.2, 0.25) is 0 Å². The third kappa shape index (κ3) is 3.16. The van der Waals surface area contributed by atoms with E-state index >= 15 is 0 Å². The highest BCUT2D eigenvalue weighted by Gasteiger charge is 2.16. The molecule has 78 valence electrons. The average molecular weight is 214 g/mol. The van der Waals surface area contributed by atoms with Crippen LogP contribution in [0.2, 0.25) is 5.02 Å². The van der Waals surface area contributed by atoms with Gasteiger partial charge in [-0.1, -0.05) is 11.6 Å². The zero-order chi connectivity index (χ0) is 10.6. The van der Waals surface area contributed by atoms with Crippen LogP contribution in [-0.2, 0) is 0 Å². The molecule has 0 spiro atoms. The molecule has 0 radical (unpaired) electrons. The standard InChI is InChI=1S/C10H16ClN3/c1-10(2,4-5-12)14-9-3-6-13-7-8(9)11/h3,6-7H,4-5,12H2,1-2H3,(H,13,14). The highest BCUT2D eigenvalue weighted by atomic mass is 35.5. The first kappa shape index (κ1) is 11.3. The molecule has 14 heavy (non-hydrogen) atoms. The van der Waals surface area contributed by atoms with Crippen molar-refractivity contribution in [2.45, 2.75) is 25.8 Å². The molecule has 0 bridgehead atoms. The normalized spacial score (nSPS) is 11.4. The quantitative estimate of drug-likeness (QED) is 0.807. The van der Waals surface area contributed by atoms with E-state index in [2.05, 4.69) is 24.1 Å². The van der Waals surface area contributed by atoms with Gasteiger partial charge < -0.3 is 11.1 Å².